The van der Waals surface area contributed by atoms with Crippen LogP contribution in [0.4, 0.5) is 24.7 Å². The van der Waals surface area contributed by atoms with Crippen LogP contribution in [0.25, 0.3) is 10.9 Å². The summed E-state index contributed by atoms with van der Waals surface area (Å²) in [5.41, 5.74) is 8.96. The predicted octanol–water partition coefficient (Wildman–Crippen LogP) is 8.77. The maximum Gasteiger partial charge on any atom is 0.416 e. The van der Waals surface area contributed by atoms with Crippen molar-refractivity contribution in [2.45, 2.75) is 115 Å². The molecule has 0 bridgehead atoms. The molecule has 2 atom stereocenters. The fourth-order valence-electron chi connectivity index (χ4n) is 11.9. The van der Waals surface area contributed by atoms with E-state index >= 15 is 0 Å². The second kappa shape index (κ2) is 19.9. The zero-order valence-corrected chi connectivity index (χ0v) is 40.0. The number of benzene rings is 3. The Labute approximate surface area is 402 Å². The molecule has 13 nitrogen and oxygen atoms in total. The van der Waals surface area contributed by atoms with Crippen molar-refractivity contribution in [3.05, 3.63) is 88.2 Å². The van der Waals surface area contributed by atoms with Crippen LogP contribution in [-0.2, 0) is 20.6 Å². The second-order valence-corrected chi connectivity index (χ2v) is 20.5. The van der Waals surface area contributed by atoms with Crippen molar-refractivity contribution in [3.8, 4) is 5.75 Å². The smallest absolute Gasteiger partial charge is 0.416 e. The first-order valence-electron chi connectivity index (χ1n) is 24.9. The van der Waals surface area contributed by atoms with E-state index in [9.17, 15) is 32.3 Å². The van der Waals surface area contributed by atoms with Crippen molar-refractivity contribution < 1.29 is 37.1 Å². The maximum atomic E-state index is 13.9. The molecule has 2 aliphatic carbocycles. The van der Waals surface area contributed by atoms with E-state index < -0.39 is 17.8 Å². The van der Waals surface area contributed by atoms with Gasteiger partial charge in [-0.2, -0.15) is 13.2 Å². The number of piperidine rings is 2. The van der Waals surface area contributed by atoms with Crippen LogP contribution in [0.5, 0.6) is 5.75 Å². The minimum atomic E-state index is -4.52. The highest BCUT2D eigenvalue weighted by Crippen LogP contribution is 2.47. The number of fused-ring (bicyclic) bond motifs is 1. The van der Waals surface area contributed by atoms with Crippen molar-refractivity contribution in [2.75, 3.05) is 64.0 Å². The number of hydrogen-bond acceptors (Lipinski definition) is 10. The Morgan fingerprint density at radius 1 is 0.870 bits per heavy atom. The highest BCUT2D eigenvalue weighted by molar-refractivity contribution is 6.01. The topological polar surface area (TPSA) is 163 Å². The number of nitrogens with zero attached hydrogens (tertiary/aromatic N) is 5. The summed E-state index contributed by atoms with van der Waals surface area (Å²) in [4.78, 5) is 67.2. The lowest BCUT2D eigenvalue weighted by molar-refractivity contribution is -0.139. The number of piperazine rings is 1. The molecule has 0 radical (unpaired) electrons. The van der Waals surface area contributed by atoms with Crippen LogP contribution in [0.15, 0.2) is 54.6 Å². The number of nitrogens with one attached hydrogen (secondary N) is 2. The monoisotopic (exact) mass is 951 g/mol. The molecule has 368 valence electrons. The summed E-state index contributed by atoms with van der Waals surface area (Å²) in [6.45, 7) is 9.42. The van der Waals surface area contributed by atoms with Crippen molar-refractivity contribution in [3.63, 3.8) is 0 Å². The van der Waals surface area contributed by atoms with Crippen molar-refractivity contribution in [1.82, 2.24) is 30.0 Å². The normalized spacial score (nSPS) is 23.2. The van der Waals surface area contributed by atoms with Gasteiger partial charge in [0.15, 0.2) is 0 Å². The Balaban J connectivity index is 0.727. The standard InChI is InChI=1S/C53H65F3N8O5/c1-32(39-26-40(53(54,55)56)28-41(57)27-39)58-48-44-29-43(46(69-3)30-45(44)59-33(2)60-48)36-6-10-38(11-7-36)51(68)64-24-22-62(23-25-64)31-34-14-16-52(17-15-34)18-20-63(21-19-52)50(67)37-8-4-35(5-9-37)42-12-13-47(65)61-49(42)66/h4-5,8-9,26-30,32,34,36,38,42H,6-7,10-25,31,57H2,1-3H3,(H,58,59,60)(H,61,65,66)/t32-,36?,38?,42?/m1/s1. The number of carbonyl (C=O) groups is 4. The molecule has 3 aliphatic heterocycles. The van der Waals surface area contributed by atoms with E-state index in [0.29, 0.717) is 52.5 Å². The average molecular weight is 951 g/mol. The van der Waals surface area contributed by atoms with Crippen LogP contribution >= 0.6 is 0 Å². The quantitative estimate of drug-likeness (QED) is 0.104. The number of alkyl halides is 3. The van der Waals surface area contributed by atoms with Gasteiger partial charge in [-0.15, -0.1) is 0 Å². The van der Waals surface area contributed by atoms with Gasteiger partial charge in [-0.25, -0.2) is 9.97 Å². The largest absolute Gasteiger partial charge is 0.496 e. The molecule has 4 aromatic rings. The Morgan fingerprint density at radius 3 is 2.22 bits per heavy atom. The molecular weight excluding hydrogens is 886 g/mol. The minimum Gasteiger partial charge on any atom is -0.496 e. The average Bonchev–Trinajstić information content (AvgIpc) is 3.34. The fraction of sp³-hybridized carbons (Fsp3) is 0.547. The summed E-state index contributed by atoms with van der Waals surface area (Å²) in [6.07, 6.45) is 6.32. The zero-order chi connectivity index (χ0) is 48.6. The van der Waals surface area contributed by atoms with E-state index in [-0.39, 0.29) is 47.1 Å². The third kappa shape index (κ3) is 10.7. The molecule has 3 aromatic carbocycles. The molecule has 1 aromatic heterocycles. The number of imide groups is 1. The van der Waals surface area contributed by atoms with E-state index in [2.05, 4.69) is 30.4 Å². The predicted molar refractivity (Wildman–Crippen MR) is 258 cm³/mol. The highest BCUT2D eigenvalue weighted by atomic mass is 19.4. The number of nitrogens with two attached hydrogens (primary N) is 1. The summed E-state index contributed by atoms with van der Waals surface area (Å²) >= 11 is 0. The van der Waals surface area contributed by atoms with Crippen molar-refractivity contribution in [2.24, 2.45) is 17.3 Å². The van der Waals surface area contributed by atoms with E-state index in [1.165, 1.54) is 25.7 Å². The number of rotatable bonds is 10. The number of methoxy groups -OCH3 is 1. The fourth-order valence-corrected chi connectivity index (χ4v) is 11.9. The van der Waals surface area contributed by atoms with E-state index in [1.54, 1.807) is 27.0 Å². The van der Waals surface area contributed by atoms with Gasteiger partial charge in [0.1, 0.15) is 17.4 Å². The van der Waals surface area contributed by atoms with E-state index in [1.807, 2.05) is 41.3 Å². The van der Waals surface area contributed by atoms with Crippen LogP contribution < -0.4 is 21.1 Å². The van der Waals surface area contributed by atoms with Crippen molar-refractivity contribution >= 4 is 46.0 Å². The highest BCUT2D eigenvalue weighted by Gasteiger charge is 2.40. The first-order valence-corrected chi connectivity index (χ1v) is 24.9. The summed E-state index contributed by atoms with van der Waals surface area (Å²) in [5, 5.41) is 6.50. The Kier molecular flexibility index (Phi) is 13.9. The first kappa shape index (κ1) is 48.3. The molecule has 5 fully saturated rings. The molecule has 3 saturated heterocycles. The van der Waals surface area contributed by atoms with Gasteiger partial charge in [-0.05, 0) is 155 Å². The lowest BCUT2D eigenvalue weighted by Crippen LogP contribution is -2.52. The molecule has 16 heteroatoms. The molecule has 1 spiro atoms. The van der Waals surface area contributed by atoms with E-state index in [0.717, 1.165) is 119 Å². The number of carbonyl (C=O) groups excluding carboxylic acids is 4. The van der Waals surface area contributed by atoms with E-state index in [4.69, 9.17) is 10.5 Å². The van der Waals surface area contributed by atoms with Crippen molar-refractivity contribution in [1.29, 1.82) is 0 Å². The molecule has 5 aliphatic rings. The molecule has 4 N–H and O–H groups in total. The number of aromatic nitrogens is 2. The van der Waals surface area contributed by atoms with Gasteiger partial charge < -0.3 is 25.6 Å². The molecule has 69 heavy (non-hydrogen) atoms. The van der Waals surface area contributed by atoms with Crippen LogP contribution in [0.1, 0.15) is 140 Å². The molecule has 2 saturated carbocycles. The summed E-state index contributed by atoms with van der Waals surface area (Å²) < 4.78 is 46.8. The Morgan fingerprint density at radius 2 is 1.57 bits per heavy atom. The lowest BCUT2D eigenvalue weighted by Gasteiger charge is -2.47. The van der Waals surface area contributed by atoms with Gasteiger partial charge in [0.05, 0.1) is 30.1 Å². The third-order valence-corrected chi connectivity index (χ3v) is 16.1. The maximum absolute atomic E-state index is 13.9. The second-order valence-electron chi connectivity index (χ2n) is 20.5. The molecule has 1 unspecified atom stereocenters. The molecule has 4 heterocycles. The van der Waals surface area contributed by atoms with Gasteiger partial charge in [-0.1, -0.05) is 12.1 Å². The summed E-state index contributed by atoms with van der Waals surface area (Å²) in [7, 11) is 1.64. The lowest BCUT2D eigenvalue weighted by atomic mass is 9.65. The summed E-state index contributed by atoms with van der Waals surface area (Å²) in [5.74, 6) is 1.95. The number of hydrogen-bond donors (Lipinski definition) is 3. The van der Waals surface area contributed by atoms with Gasteiger partial charge >= 0.3 is 6.18 Å². The molecule has 9 rings (SSSR count). The number of halogens is 3. The number of anilines is 2. The van der Waals surface area contributed by atoms with Gasteiger partial charge in [0.2, 0.25) is 17.7 Å². The van der Waals surface area contributed by atoms with Crippen LogP contribution in [0.2, 0.25) is 0 Å². The van der Waals surface area contributed by atoms with Crippen LogP contribution in [0.3, 0.4) is 0 Å². The number of likely N-dealkylation sites (tertiary alicyclic amines) is 1. The number of amides is 4. The third-order valence-electron chi connectivity index (χ3n) is 16.1. The SMILES string of the molecule is COc1cc2nc(C)nc(N[C@H](C)c3cc(N)cc(C(F)(F)F)c3)c2cc1C1CCC(C(=O)N2CCN(CC3CCC4(CC3)CCN(C(=O)c3ccc(C5CCC(=O)NC5=O)cc3)CC4)CC2)CC1. The van der Waals surface area contributed by atoms with Crippen LogP contribution in [-0.4, -0.2) is 101 Å². The zero-order valence-electron chi connectivity index (χ0n) is 40.0. The number of nitrogen functional groups attached to an aromatic ring is 1. The Bertz CT molecular complexity index is 2550. The van der Waals surface area contributed by atoms with Gasteiger partial charge in [-0.3, -0.25) is 29.4 Å². The molecular formula is C53H65F3N8O5. The molecule has 4 amide bonds. The Hall–Kier alpha value is -5.77. The number of aryl methyl sites for hydroxylation is 1. The first-order chi connectivity index (χ1) is 33.0. The van der Waals surface area contributed by atoms with Gasteiger partial charge in [0, 0.05) is 80.9 Å². The minimum absolute atomic E-state index is 0.0232. The van der Waals surface area contributed by atoms with Gasteiger partial charge in [0.25, 0.3) is 5.91 Å². The number of ether oxygens (including phenoxy) is 1. The summed E-state index contributed by atoms with van der Waals surface area (Å²) in [6, 6.07) is 14.3. The van der Waals surface area contributed by atoms with Crippen LogP contribution in [0, 0.1) is 24.2 Å².